The molecule has 0 fully saturated rings. The molecule has 26 heavy (non-hydrogen) atoms. The van der Waals surface area contributed by atoms with Crippen LogP contribution in [-0.2, 0) is 13.0 Å². The maximum atomic E-state index is 12.5. The zero-order valence-corrected chi connectivity index (χ0v) is 14.9. The number of hydrogen-bond acceptors (Lipinski definition) is 8. The van der Waals surface area contributed by atoms with E-state index in [-0.39, 0.29) is 17.5 Å². The van der Waals surface area contributed by atoms with E-state index in [4.69, 9.17) is 9.05 Å². The summed E-state index contributed by atoms with van der Waals surface area (Å²) < 4.78 is 9.87. The lowest BCUT2D eigenvalue weighted by atomic mass is 10.1. The maximum absolute atomic E-state index is 12.5. The van der Waals surface area contributed by atoms with Crippen LogP contribution >= 0.6 is 11.3 Å². The van der Waals surface area contributed by atoms with Crippen molar-refractivity contribution in [3.05, 3.63) is 45.6 Å². The SMILES string of the molecule is Cc1cc(C(=O)Nc2nc3c(s2)CN(C(=O)c2cc(C)on2)CC3)no1. The number of aromatic nitrogens is 3. The standard InChI is InChI=1S/C16H15N5O4S/c1-8-5-11(19-24-8)14(22)18-16-17-10-3-4-21(7-13(10)26-16)15(23)12-6-9(2)25-20-12/h5-6H,3-4,7H2,1-2H3,(H,17,18,22). The van der Waals surface area contributed by atoms with Crippen LogP contribution < -0.4 is 5.32 Å². The van der Waals surface area contributed by atoms with E-state index < -0.39 is 0 Å². The van der Waals surface area contributed by atoms with Gasteiger partial charge in [-0.15, -0.1) is 0 Å². The van der Waals surface area contributed by atoms with Gasteiger partial charge in [-0.1, -0.05) is 21.7 Å². The molecule has 3 aromatic rings. The van der Waals surface area contributed by atoms with Crippen LogP contribution in [0.1, 0.15) is 43.1 Å². The molecule has 0 saturated heterocycles. The highest BCUT2D eigenvalue weighted by atomic mass is 32.1. The lowest BCUT2D eigenvalue weighted by Crippen LogP contribution is -2.35. The number of amides is 2. The molecule has 2 amide bonds. The number of thiazole rings is 1. The Kier molecular flexibility index (Phi) is 4.03. The van der Waals surface area contributed by atoms with Crippen molar-refractivity contribution in [3.8, 4) is 0 Å². The number of rotatable bonds is 3. The number of aryl methyl sites for hydroxylation is 2. The first-order valence-corrected chi connectivity index (χ1v) is 8.77. The Balaban J connectivity index is 1.47. The van der Waals surface area contributed by atoms with Crippen LogP contribution in [0.2, 0.25) is 0 Å². The van der Waals surface area contributed by atoms with Crippen LogP contribution in [-0.4, -0.2) is 38.6 Å². The fourth-order valence-electron chi connectivity index (χ4n) is 2.69. The van der Waals surface area contributed by atoms with E-state index in [2.05, 4.69) is 20.6 Å². The van der Waals surface area contributed by atoms with Crippen molar-refractivity contribution >= 4 is 28.3 Å². The van der Waals surface area contributed by atoms with Crippen molar-refractivity contribution in [1.29, 1.82) is 0 Å². The first-order chi connectivity index (χ1) is 12.5. The Bertz CT molecular complexity index is 989. The third-order valence-electron chi connectivity index (χ3n) is 3.95. The highest BCUT2D eigenvalue weighted by molar-refractivity contribution is 7.15. The molecular formula is C16H15N5O4S. The van der Waals surface area contributed by atoms with Gasteiger partial charge in [0.2, 0.25) is 0 Å². The molecule has 0 saturated carbocycles. The minimum absolute atomic E-state index is 0.176. The molecule has 0 aromatic carbocycles. The van der Waals surface area contributed by atoms with Crippen molar-refractivity contribution in [1.82, 2.24) is 20.2 Å². The van der Waals surface area contributed by atoms with Gasteiger partial charge in [-0.2, -0.15) is 0 Å². The molecule has 1 aliphatic rings. The minimum atomic E-state index is -0.376. The molecule has 10 heteroatoms. The predicted octanol–water partition coefficient (Wildman–Crippen LogP) is 2.19. The smallest absolute Gasteiger partial charge is 0.279 e. The molecule has 9 nitrogen and oxygen atoms in total. The van der Waals surface area contributed by atoms with E-state index >= 15 is 0 Å². The Morgan fingerprint density at radius 1 is 1.15 bits per heavy atom. The molecule has 0 spiro atoms. The van der Waals surface area contributed by atoms with Gasteiger partial charge >= 0.3 is 0 Å². The number of fused-ring (bicyclic) bond motifs is 1. The van der Waals surface area contributed by atoms with Gasteiger partial charge in [-0.05, 0) is 13.8 Å². The molecule has 0 unspecified atom stereocenters. The summed E-state index contributed by atoms with van der Waals surface area (Å²) in [6.07, 6.45) is 0.618. The number of carbonyl (C=O) groups excluding carboxylic acids is 2. The second kappa shape index (κ2) is 6.37. The van der Waals surface area contributed by atoms with E-state index in [1.807, 2.05) is 0 Å². The van der Waals surface area contributed by atoms with Crippen LogP contribution in [0.15, 0.2) is 21.2 Å². The van der Waals surface area contributed by atoms with Gasteiger partial charge in [0.05, 0.1) is 12.2 Å². The molecule has 0 bridgehead atoms. The van der Waals surface area contributed by atoms with Crippen molar-refractivity contribution in [2.45, 2.75) is 26.8 Å². The normalized spacial score (nSPS) is 13.5. The van der Waals surface area contributed by atoms with Gasteiger partial charge in [-0.3, -0.25) is 14.9 Å². The van der Waals surface area contributed by atoms with E-state index in [9.17, 15) is 9.59 Å². The Labute approximate surface area is 152 Å². The summed E-state index contributed by atoms with van der Waals surface area (Å²) >= 11 is 1.35. The molecule has 0 radical (unpaired) electrons. The van der Waals surface area contributed by atoms with E-state index in [1.165, 1.54) is 11.3 Å². The Morgan fingerprint density at radius 2 is 1.85 bits per heavy atom. The van der Waals surface area contributed by atoms with Crippen LogP contribution in [0.25, 0.3) is 0 Å². The average molecular weight is 373 g/mol. The Hall–Kier alpha value is -3.01. The van der Waals surface area contributed by atoms with Crippen LogP contribution in [0.3, 0.4) is 0 Å². The lowest BCUT2D eigenvalue weighted by Gasteiger charge is -2.25. The molecule has 134 valence electrons. The van der Waals surface area contributed by atoms with Gasteiger partial charge in [0.1, 0.15) is 11.5 Å². The Morgan fingerprint density at radius 3 is 2.50 bits per heavy atom. The number of carbonyl (C=O) groups is 2. The maximum Gasteiger partial charge on any atom is 0.279 e. The van der Waals surface area contributed by atoms with Crippen LogP contribution in [0.5, 0.6) is 0 Å². The summed E-state index contributed by atoms with van der Waals surface area (Å²) in [4.78, 5) is 31.7. The lowest BCUT2D eigenvalue weighted by molar-refractivity contribution is 0.0725. The fourth-order valence-corrected chi connectivity index (χ4v) is 3.70. The van der Waals surface area contributed by atoms with Crippen molar-refractivity contribution in [2.75, 3.05) is 11.9 Å². The summed E-state index contributed by atoms with van der Waals surface area (Å²) in [5, 5.41) is 10.7. The summed E-state index contributed by atoms with van der Waals surface area (Å²) in [6, 6.07) is 3.18. The van der Waals surface area contributed by atoms with Gasteiger partial charge in [-0.25, -0.2) is 4.98 Å². The van der Waals surface area contributed by atoms with Crippen LogP contribution in [0, 0.1) is 13.8 Å². The zero-order chi connectivity index (χ0) is 18.3. The first kappa shape index (κ1) is 16.5. The molecule has 0 atom stereocenters. The largest absolute Gasteiger partial charge is 0.361 e. The number of nitrogens with zero attached hydrogens (tertiary/aromatic N) is 4. The summed E-state index contributed by atoms with van der Waals surface area (Å²) in [6.45, 7) is 4.43. The fraction of sp³-hybridized carbons (Fsp3) is 0.312. The van der Waals surface area contributed by atoms with E-state index in [0.29, 0.717) is 41.9 Å². The number of nitrogens with one attached hydrogen (secondary N) is 1. The minimum Gasteiger partial charge on any atom is -0.361 e. The van der Waals surface area contributed by atoms with E-state index in [0.717, 1.165) is 10.6 Å². The molecule has 4 rings (SSSR count). The highest BCUT2D eigenvalue weighted by Gasteiger charge is 2.27. The highest BCUT2D eigenvalue weighted by Crippen LogP contribution is 2.29. The van der Waals surface area contributed by atoms with Gasteiger partial charge in [0.25, 0.3) is 11.8 Å². The predicted molar refractivity (Wildman–Crippen MR) is 91.0 cm³/mol. The average Bonchev–Trinajstić information content (AvgIpc) is 3.32. The van der Waals surface area contributed by atoms with Crippen LogP contribution in [0.4, 0.5) is 5.13 Å². The second-order valence-corrected chi connectivity index (χ2v) is 7.05. The molecular weight excluding hydrogens is 358 g/mol. The monoisotopic (exact) mass is 373 g/mol. The van der Waals surface area contributed by atoms with Gasteiger partial charge in [0.15, 0.2) is 16.5 Å². The third kappa shape index (κ3) is 3.10. The quantitative estimate of drug-likeness (QED) is 0.748. The van der Waals surface area contributed by atoms with Gasteiger partial charge < -0.3 is 13.9 Å². The van der Waals surface area contributed by atoms with Crippen molar-refractivity contribution < 1.29 is 18.6 Å². The molecule has 3 aromatic heterocycles. The first-order valence-electron chi connectivity index (χ1n) is 7.95. The third-order valence-corrected chi connectivity index (χ3v) is 4.94. The van der Waals surface area contributed by atoms with Gasteiger partial charge in [0, 0.05) is 30.0 Å². The number of anilines is 1. The summed E-state index contributed by atoms with van der Waals surface area (Å²) in [5.41, 5.74) is 1.39. The van der Waals surface area contributed by atoms with E-state index in [1.54, 1.807) is 30.9 Å². The summed E-state index contributed by atoms with van der Waals surface area (Å²) in [7, 11) is 0. The topological polar surface area (TPSA) is 114 Å². The number of hydrogen-bond donors (Lipinski definition) is 1. The zero-order valence-electron chi connectivity index (χ0n) is 14.1. The second-order valence-electron chi connectivity index (χ2n) is 5.97. The molecule has 1 aliphatic heterocycles. The molecule has 1 N–H and O–H groups in total. The summed E-state index contributed by atoms with van der Waals surface area (Å²) in [5.74, 6) is 0.603. The molecule has 0 aliphatic carbocycles. The van der Waals surface area contributed by atoms with Crippen molar-refractivity contribution in [2.24, 2.45) is 0 Å². The van der Waals surface area contributed by atoms with Crippen molar-refractivity contribution in [3.63, 3.8) is 0 Å². The molecule has 4 heterocycles.